The normalized spacial score (nSPS) is 18.9. The molecule has 1 heterocycles. The third kappa shape index (κ3) is 2.84. The van der Waals surface area contributed by atoms with E-state index in [4.69, 9.17) is 4.74 Å². The summed E-state index contributed by atoms with van der Waals surface area (Å²) in [7, 11) is 0. The second-order valence-electron chi connectivity index (χ2n) is 4.18. The fourth-order valence-corrected chi connectivity index (χ4v) is 1.85. The summed E-state index contributed by atoms with van der Waals surface area (Å²) in [6, 6.07) is 7.25. The van der Waals surface area contributed by atoms with Crippen molar-refractivity contribution in [3.05, 3.63) is 35.4 Å². The Kier molecular flexibility index (Phi) is 3.42. The number of carbonyl (C=O) groups is 2. The summed E-state index contributed by atoms with van der Waals surface area (Å²) in [5, 5.41) is 2.69. The van der Waals surface area contributed by atoms with E-state index in [1.54, 1.807) is 0 Å². The first-order valence-corrected chi connectivity index (χ1v) is 5.67. The minimum absolute atomic E-state index is 0.136. The fraction of sp³-hybridized carbons (Fsp3) is 0.385. The van der Waals surface area contributed by atoms with Gasteiger partial charge in [0.15, 0.2) is 0 Å². The van der Waals surface area contributed by atoms with Crippen LogP contribution in [0.2, 0.25) is 0 Å². The maximum atomic E-state index is 11.7. The molecule has 4 nitrogen and oxygen atoms in total. The highest BCUT2D eigenvalue weighted by Gasteiger charge is 2.27. The van der Waals surface area contributed by atoms with E-state index in [-0.39, 0.29) is 11.9 Å². The van der Waals surface area contributed by atoms with E-state index < -0.39 is 6.04 Å². The zero-order valence-electron chi connectivity index (χ0n) is 9.73. The van der Waals surface area contributed by atoms with Crippen molar-refractivity contribution in [2.24, 2.45) is 0 Å². The number of hydrogen-bond donors (Lipinski definition) is 1. The molecule has 0 radical (unpaired) electrons. The van der Waals surface area contributed by atoms with E-state index >= 15 is 0 Å². The summed E-state index contributed by atoms with van der Waals surface area (Å²) in [5.41, 5.74) is 2.06. The van der Waals surface area contributed by atoms with E-state index in [1.807, 2.05) is 31.2 Å². The maximum Gasteiger partial charge on any atom is 0.328 e. The molecule has 1 saturated heterocycles. The van der Waals surface area contributed by atoms with Crippen molar-refractivity contribution >= 4 is 11.9 Å². The Morgan fingerprint density at radius 1 is 1.47 bits per heavy atom. The van der Waals surface area contributed by atoms with Crippen molar-refractivity contribution in [2.75, 3.05) is 6.61 Å². The molecular weight excluding hydrogens is 218 g/mol. The SMILES string of the molecule is Cc1ccccc1CC(=O)N[C@H]1CCOC1=O. The average molecular weight is 233 g/mol. The minimum Gasteiger partial charge on any atom is -0.464 e. The zero-order chi connectivity index (χ0) is 12.3. The van der Waals surface area contributed by atoms with Crippen LogP contribution in [0.5, 0.6) is 0 Å². The number of esters is 1. The predicted molar refractivity (Wildman–Crippen MR) is 62.4 cm³/mol. The molecule has 0 aliphatic carbocycles. The Bertz CT molecular complexity index is 442. The third-order valence-corrected chi connectivity index (χ3v) is 2.88. The molecule has 1 aromatic carbocycles. The summed E-state index contributed by atoms with van der Waals surface area (Å²) in [5.74, 6) is -0.466. The van der Waals surface area contributed by atoms with Crippen LogP contribution in [0, 0.1) is 6.92 Å². The molecular formula is C13H15NO3. The Morgan fingerprint density at radius 2 is 2.24 bits per heavy atom. The quantitative estimate of drug-likeness (QED) is 0.791. The number of benzene rings is 1. The van der Waals surface area contributed by atoms with Gasteiger partial charge in [-0.1, -0.05) is 24.3 Å². The second-order valence-corrected chi connectivity index (χ2v) is 4.18. The molecule has 90 valence electrons. The van der Waals surface area contributed by atoms with E-state index in [9.17, 15) is 9.59 Å². The molecule has 1 aromatic rings. The van der Waals surface area contributed by atoms with Gasteiger partial charge in [-0.2, -0.15) is 0 Å². The second kappa shape index (κ2) is 4.99. The minimum atomic E-state index is -0.466. The largest absolute Gasteiger partial charge is 0.464 e. The molecule has 1 atom stereocenters. The number of ether oxygens (including phenoxy) is 1. The number of amides is 1. The van der Waals surface area contributed by atoms with Crippen LogP contribution in [-0.2, 0) is 20.7 Å². The lowest BCUT2D eigenvalue weighted by Gasteiger charge is -2.09. The lowest BCUT2D eigenvalue weighted by Crippen LogP contribution is -2.38. The van der Waals surface area contributed by atoms with E-state index in [0.717, 1.165) is 11.1 Å². The van der Waals surface area contributed by atoms with Crippen molar-refractivity contribution in [3.8, 4) is 0 Å². The predicted octanol–water partition coefficient (Wildman–Crippen LogP) is 0.969. The lowest BCUT2D eigenvalue weighted by molar-refractivity contribution is -0.141. The molecule has 17 heavy (non-hydrogen) atoms. The van der Waals surface area contributed by atoms with Gasteiger partial charge in [-0.25, -0.2) is 4.79 Å². The van der Waals surface area contributed by atoms with E-state index in [1.165, 1.54) is 0 Å². The molecule has 0 unspecified atom stereocenters. The Hall–Kier alpha value is -1.84. The summed E-state index contributed by atoms with van der Waals surface area (Å²) in [6.45, 7) is 2.36. The highest BCUT2D eigenvalue weighted by Crippen LogP contribution is 2.09. The van der Waals surface area contributed by atoms with E-state index in [2.05, 4.69) is 5.32 Å². The molecule has 1 fully saturated rings. The van der Waals surface area contributed by atoms with Crippen LogP contribution < -0.4 is 5.32 Å². The van der Waals surface area contributed by atoms with Crippen LogP contribution in [0.3, 0.4) is 0 Å². The molecule has 1 aliphatic rings. The van der Waals surface area contributed by atoms with Gasteiger partial charge < -0.3 is 10.1 Å². The first-order chi connectivity index (χ1) is 8.16. The molecule has 2 rings (SSSR count). The molecule has 0 spiro atoms. The standard InChI is InChI=1S/C13H15NO3/c1-9-4-2-3-5-10(9)8-12(15)14-11-6-7-17-13(11)16/h2-5,11H,6-8H2,1H3,(H,14,15)/t11-/m0/s1. The van der Waals surface area contributed by atoms with Gasteiger partial charge in [0, 0.05) is 6.42 Å². The molecule has 1 N–H and O–H groups in total. The van der Waals surface area contributed by atoms with Crippen LogP contribution in [-0.4, -0.2) is 24.5 Å². The molecule has 1 aliphatic heterocycles. The smallest absolute Gasteiger partial charge is 0.328 e. The van der Waals surface area contributed by atoms with Crippen molar-refractivity contribution in [3.63, 3.8) is 0 Å². The van der Waals surface area contributed by atoms with Gasteiger partial charge >= 0.3 is 5.97 Å². The number of rotatable bonds is 3. The van der Waals surface area contributed by atoms with Gasteiger partial charge in [0.25, 0.3) is 0 Å². The third-order valence-electron chi connectivity index (χ3n) is 2.88. The topological polar surface area (TPSA) is 55.4 Å². The van der Waals surface area contributed by atoms with Crippen LogP contribution in [0.25, 0.3) is 0 Å². The number of hydrogen-bond acceptors (Lipinski definition) is 3. The average Bonchev–Trinajstić information content (AvgIpc) is 2.68. The van der Waals surface area contributed by atoms with Crippen molar-refractivity contribution in [1.82, 2.24) is 5.32 Å². The highest BCUT2D eigenvalue weighted by molar-refractivity contribution is 5.86. The van der Waals surface area contributed by atoms with Gasteiger partial charge in [0.05, 0.1) is 13.0 Å². The van der Waals surface area contributed by atoms with Gasteiger partial charge in [-0.3, -0.25) is 4.79 Å². The Balaban J connectivity index is 1.93. The lowest BCUT2D eigenvalue weighted by atomic mass is 10.1. The van der Waals surface area contributed by atoms with Gasteiger partial charge in [0.2, 0.25) is 5.91 Å². The first kappa shape index (κ1) is 11.6. The van der Waals surface area contributed by atoms with Crippen LogP contribution in [0.4, 0.5) is 0 Å². The molecule has 0 saturated carbocycles. The molecule has 4 heteroatoms. The van der Waals surface area contributed by atoms with Crippen molar-refractivity contribution < 1.29 is 14.3 Å². The molecule has 0 bridgehead atoms. The molecule has 1 amide bonds. The van der Waals surface area contributed by atoms with E-state index in [0.29, 0.717) is 19.4 Å². The summed E-state index contributed by atoms with van der Waals surface area (Å²) < 4.78 is 4.79. The molecule has 0 aromatic heterocycles. The van der Waals surface area contributed by atoms with Gasteiger partial charge in [-0.05, 0) is 18.1 Å². The van der Waals surface area contributed by atoms with Gasteiger partial charge in [0.1, 0.15) is 6.04 Å². The summed E-state index contributed by atoms with van der Waals surface area (Å²) in [6.07, 6.45) is 0.870. The Labute approximate surface area is 100.0 Å². The highest BCUT2D eigenvalue weighted by atomic mass is 16.5. The van der Waals surface area contributed by atoms with Crippen LogP contribution in [0.1, 0.15) is 17.5 Å². The zero-order valence-corrected chi connectivity index (χ0v) is 9.73. The summed E-state index contributed by atoms with van der Waals surface area (Å²) >= 11 is 0. The number of nitrogens with one attached hydrogen (secondary N) is 1. The Morgan fingerprint density at radius 3 is 2.88 bits per heavy atom. The van der Waals surface area contributed by atoms with Crippen molar-refractivity contribution in [2.45, 2.75) is 25.8 Å². The summed E-state index contributed by atoms with van der Waals surface area (Å²) in [4.78, 5) is 22.9. The monoisotopic (exact) mass is 233 g/mol. The number of aryl methyl sites for hydroxylation is 1. The van der Waals surface area contributed by atoms with Gasteiger partial charge in [-0.15, -0.1) is 0 Å². The first-order valence-electron chi connectivity index (χ1n) is 5.67. The maximum absolute atomic E-state index is 11.7. The number of cyclic esters (lactones) is 1. The van der Waals surface area contributed by atoms with Crippen LogP contribution >= 0.6 is 0 Å². The fourth-order valence-electron chi connectivity index (χ4n) is 1.85. The van der Waals surface area contributed by atoms with Crippen molar-refractivity contribution in [1.29, 1.82) is 0 Å². The number of carbonyl (C=O) groups excluding carboxylic acids is 2. The van der Waals surface area contributed by atoms with Crippen LogP contribution in [0.15, 0.2) is 24.3 Å².